The second kappa shape index (κ2) is 6.51. The molecule has 0 saturated carbocycles. The van der Waals surface area contributed by atoms with Crippen LogP contribution in [0.15, 0.2) is 30.3 Å². The van der Waals surface area contributed by atoms with Crippen LogP contribution in [-0.4, -0.2) is 35.5 Å². The van der Waals surface area contributed by atoms with Gasteiger partial charge in [0.1, 0.15) is 6.04 Å². The Morgan fingerprint density at radius 2 is 1.83 bits per heavy atom. The van der Waals surface area contributed by atoms with Gasteiger partial charge in [-0.1, -0.05) is 30.3 Å². The van der Waals surface area contributed by atoms with Crippen molar-refractivity contribution in [3.63, 3.8) is 0 Å². The van der Waals surface area contributed by atoms with E-state index < -0.39 is 31.0 Å². The zero-order chi connectivity index (χ0) is 13.5. The Hall–Kier alpha value is -2.21. The first-order valence-electron chi connectivity index (χ1n) is 5.23. The molecule has 6 heteroatoms. The lowest BCUT2D eigenvalue weighted by Crippen LogP contribution is -2.35. The van der Waals surface area contributed by atoms with Gasteiger partial charge in [0.15, 0.2) is 12.4 Å². The normalized spacial score (nSPS) is 11.6. The van der Waals surface area contributed by atoms with E-state index in [1.54, 1.807) is 30.3 Å². The Bertz CT molecular complexity index is 443. The largest absolute Gasteiger partial charge is 0.481 e. The highest BCUT2D eigenvalue weighted by molar-refractivity contribution is 5.98. The second-order valence-electron chi connectivity index (χ2n) is 3.60. The van der Waals surface area contributed by atoms with Crippen LogP contribution in [0.4, 0.5) is 0 Å². The number of hydrogen-bond acceptors (Lipinski definition) is 5. The summed E-state index contributed by atoms with van der Waals surface area (Å²) in [6, 6.07) is 7.05. The van der Waals surface area contributed by atoms with E-state index in [-0.39, 0.29) is 5.78 Å². The summed E-state index contributed by atoms with van der Waals surface area (Å²) in [6.45, 7) is -0.448. The van der Waals surface area contributed by atoms with E-state index in [4.69, 9.17) is 10.8 Å². The molecule has 1 aromatic rings. The molecular weight excluding hydrogens is 238 g/mol. The number of rotatable bonds is 6. The number of ether oxygens (including phenoxy) is 1. The fraction of sp³-hybridized carbons (Fsp3) is 0.250. The fourth-order valence-corrected chi connectivity index (χ4v) is 1.22. The molecule has 0 aromatic heterocycles. The second-order valence-corrected chi connectivity index (χ2v) is 3.60. The molecule has 1 rings (SSSR count). The Morgan fingerprint density at radius 3 is 2.39 bits per heavy atom. The van der Waals surface area contributed by atoms with Crippen molar-refractivity contribution in [2.24, 2.45) is 5.73 Å². The van der Waals surface area contributed by atoms with Crippen LogP contribution in [0.3, 0.4) is 0 Å². The van der Waals surface area contributed by atoms with Gasteiger partial charge in [-0.05, 0) is 0 Å². The van der Waals surface area contributed by atoms with E-state index in [2.05, 4.69) is 4.74 Å². The molecule has 3 N–H and O–H groups in total. The summed E-state index contributed by atoms with van der Waals surface area (Å²) in [5.74, 6) is -2.47. The number of hydrogen-bond donors (Lipinski definition) is 2. The van der Waals surface area contributed by atoms with Gasteiger partial charge in [-0.15, -0.1) is 0 Å². The van der Waals surface area contributed by atoms with Crippen molar-refractivity contribution in [2.75, 3.05) is 6.61 Å². The lowest BCUT2D eigenvalue weighted by Gasteiger charge is -2.08. The van der Waals surface area contributed by atoms with E-state index in [0.29, 0.717) is 5.56 Å². The van der Waals surface area contributed by atoms with Gasteiger partial charge in [-0.2, -0.15) is 0 Å². The van der Waals surface area contributed by atoms with Gasteiger partial charge in [-0.3, -0.25) is 14.4 Å². The summed E-state index contributed by atoms with van der Waals surface area (Å²) in [5, 5.41) is 8.43. The minimum absolute atomic E-state index is 0.369. The third-order valence-electron chi connectivity index (χ3n) is 2.14. The molecule has 0 heterocycles. The molecule has 0 spiro atoms. The van der Waals surface area contributed by atoms with Crippen molar-refractivity contribution in [1.82, 2.24) is 0 Å². The van der Waals surface area contributed by atoms with Crippen molar-refractivity contribution in [2.45, 2.75) is 12.5 Å². The molecule has 0 saturated heterocycles. The molecule has 0 bridgehead atoms. The Morgan fingerprint density at radius 1 is 1.22 bits per heavy atom. The van der Waals surface area contributed by atoms with Gasteiger partial charge < -0.3 is 15.6 Å². The van der Waals surface area contributed by atoms with Gasteiger partial charge >= 0.3 is 11.9 Å². The van der Waals surface area contributed by atoms with Gasteiger partial charge in [0.25, 0.3) is 0 Å². The third-order valence-corrected chi connectivity index (χ3v) is 2.14. The first kappa shape index (κ1) is 13.9. The average Bonchev–Trinajstić information content (AvgIpc) is 2.35. The van der Waals surface area contributed by atoms with Crippen LogP contribution in [0.5, 0.6) is 0 Å². The van der Waals surface area contributed by atoms with Crippen LogP contribution < -0.4 is 5.73 Å². The monoisotopic (exact) mass is 251 g/mol. The predicted octanol–water partition coefficient (Wildman–Crippen LogP) is 0.215. The molecule has 0 aliphatic heterocycles. The number of benzene rings is 1. The highest BCUT2D eigenvalue weighted by atomic mass is 16.5. The summed E-state index contributed by atoms with van der Waals surface area (Å²) in [4.78, 5) is 33.1. The Kier molecular flexibility index (Phi) is 5.01. The van der Waals surface area contributed by atoms with Crippen LogP contribution in [0.2, 0.25) is 0 Å². The maximum Gasteiger partial charge on any atom is 0.323 e. The Balaban J connectivity index is 2.44. The molecule has 0 aliphatic rings. The number of aliphatic carboxylic acids is 1. The third kappa shape index (κ3) is 4.34. The smallest absolute Gasteiger partial charge is 0.323 e. The molecule has 0 amide bonds. The molecule has 0 aliphatic carbocycles. The molecular formula is C12H13NO5. The van der Waals surface area contributed by atoms with E-state index in [0.717, 1.165) is 0 Å². The average molecular weight is 251 g/mol. The number of nitrogens with two attached hydrogens (primary N) is 1. The topological polar surface area (TPSA) is 107 Å². The summed E-state index contributed by atoms with van der Waals surface area (Å²) in [7, 11) is 0. The standard InChI is InChI=1S/C12H13NO5/c13-9(6-11(15)16)12(17)18-7-10(14)8-4-2-1-3-5-8/h1-5,9H,6-7,13H2,(H,15,16). The lowest BCUT2D eigenvalue weighted by atomic mass is 10.1. The van der Waals surface area contributed by atoms with E-state index in [1.807, 2.05) is 0 Å². The molecule has 6 nitrogen and oxygen atoms in total. The minimum Gasteiger partial charge on any atom is -0.481 e. The Labute approximate surface area is 103 Å². The molecule has 1 unspecified atom stereocenters. The molecule has 0 radical (unpaired) electrons. The molecule has 18 heavy (non-hydrogen) atoms. The van der Waals surface area contributed by atoms with Crippen molar-refractivity contribution in [1.29, 1.82) is 0 Å². The van der Waals surface area contributed by atoms with Gasteiger partial charge in [0, 0.05) is 5.56 Å². The van der Waals surface area contributed by atoms with Crippen LogP contribution in [0.25, 0.3) is 0 Å². The summed E-state index contributed by atoms with van der Waals surface area (Å²) in [5.41, 5.74) is 5.69. The summed E-state index contributed by atoms with van der Waals surface area (Å²) >= 11 is 0. The van der Waals surface area contributed by atoms with Crippen LogP contribution in [-0.2, 0) is 14.3 Å². The molecule has 0 fully saturated rings. The summed E-state index contributed by atoms with van der Waals surface area (Å²) < 4.78 is 4.64. The van der Waals surface area contributed by atoms with E-state index >= 15 is 0 Å². The molecule has 96 valence electrons. The first-order valence-corrected chi connectivity index (χ1v) is 5.23. The maximum absolute atomic E-state index is 11.6. The highest BCUT2D eigenvalue weighted by Crippen LogP contribution is 2.01. The number of carbonyl (C=O) groups excluding carboxylic acids is 2. The lowest BCUT2D eigenvalue weighted by molar-refractivity contribution is -0.148. The maximum atomic E-state index is 11.6. The van der Waals surface area contributed by atoms with Crippen molar-refractivity contribution in [3.8, 4) is 0 Å². The SMILES string of the molecule is NC(CC(=O)O)C(=O)OCC(=O)c1ccccc1. The van der Waals surface area contributed by atoms with E-state index in [9.17, 15) is 14.4 Å². The zero-order valence-electron chi connectivity index (χ0n) is 9.54. The number of ketones is 1. The van der Waals surface area contributed by atoms with Crippen LogP contribution in [0, 0.1) is 0 Å². The molecule has 1 aromatic carbocycles. The van der Waals surface area contributed by atoms with Gasteiger partial charge in [0.05, 0.1) is 6.42 Å². The number of carbonyl (C=O) groups is 3. The number of carboxylic acids is 1. The number of esters is 1. The first-order chi connectivity index (χ1) is 8.50. The molecule has 1 atom stereocenters. The minimum atomic E-state index is -1.26. The highest BCUT2D eigenvalue weighted by Gasteiger charge is 2.19. The quantitative estimate of drug-likeness (QED) is 0.553. The zero-order valence-corrected chi connectivity index (χ0v) is 9.54. The number of Topliss-reactive ketones (excluding diaryl/α,β-unsaturated/α-hetero) is 1. The van der Waals surface area contributed by atoms with Crippen molar-refractivity contribution in [3.05, 3.63) is 35.9 Å². The van der Waals surface area contributed by atoms with Crippen LogP contribution in [0.1, 0.15) is 16.8 Å². The predicted molar refractivity (Wildman–Crippen MR) is 62.0 cm³/mol. The number of carboxylic acid groups (broad SMARTS) is 1. The van der Waals surface area contributed by atoms with Gasteiger partial charge in [-0.25, -0.2) is 0 Å². The van der Waals surface area contributed by atoms with E-state index in [1.165, 1.54) is 0 Å². The fourth-order valence-electron chi connectivity index (χ4n) is 1.22. The van der Waals surface area contributed by atoms with Gasteiger partial charge in [0.2, 0.25) is 0 Å². The van der Waals surface area contributed by atoms with Crippen LogP contribution >= 0.6 is 0 Å². The summed E-state index contributed by atoms with van der Waals surface area (Å²) in [6.07, 6.45) is -0.529. The van der Waals surface area contributed by atoms with Crippen molar-refractivity contribution < 1.29 is 24.2 Å². The van der Waals surface area contributed by atoms with Crippen molar-refractivity contribution >= 4 is 17.7 Å².